The first-order chi connectivity index (χ1) is 19.7. The van der Waals surface area contributed by atoms with E-state index in [1.165, 1.54) is 24.3 Å². The summed E-state index contributed by atoms with van der Waals surface area (Å²) < 4.78 is 61.1. The van der Waals surface area contributed by atoms with Gasteiger partial charge in [0.1, 0.15) is 11.4 Å². The summed E-state index contributed by atoms with van der Waals surface area (Å²) in [4.78, 5) is 25.3. The van der Waals surface area contributed by atoms with Gasteiger partial charge in [-0.15, -0.1) is 0 Å². The number of rotatable bonds is 10. The first-order valence-electron chi connectivity index (χ1n) is 14.8. The van der Waals surface area contributed by atoms with E-state index in [4.69, 9.17) is 4.74 Å². The summed E-state index contributed by atoms with van der Waals surface area (Å²) >= 11 is 0. The third-order valence-corrected chi connectivity index (χ3v) is 9.74. The highest BCUT2D eigenvalue weighted by Crippen LogP contribution is 2.61. The molecular formula is C32H41F4NO5. The fourth-order valence-corrected chi connectivity index (χ4v) is 7.31. The zero-order chi connectivity index (χ0) is 30.9. The molecule has 0 aromatic heterocycles. The zero-order valence-electron chi connectivity index (χ0n) is 24.3. The Labute approximate surface area is 244 Å². The SMILES string of the molecule is CCC[C@H](O)[C@@]1(F)[C@H]([C@@H]2C[C@@H](C)[C@](O)(C(=O)NCCCOc3ccc(C(F)(F)F)cc3)C2)CCC2=CC(=O)C=C[C@@]21C. The standard InChI is InChI=1S/C32H41F4NO5/c1-4-6-27(39)31(33)26(12-9-23-18-24(38)13-14-29(23,31)3)21-17-20(2)30(41,19-21)28(40)37-15-5-16-42-25-10-7-22(8-11-25)32(34,35)36/h7-8,10-11,13-14,18,20-21,26-27,39,41H,4-6,9,12,15-17,19H2,1-3H3,(H,37,40)/t20-,21-,26+,27+,29+,30+,31+/m1/s1. The van der Waals surface area contributed by atoms with Gasteiger partial charge in [-0.3, -0.25) is 9.59 Å². The van der Waals surface area contributed by atoms with E-state index in [9.17, 15) is 33.0 Å². The third kappa shape index (κ3) is 5.89. The molecule has 3 N–H and O–H groups in total. The Bertz CT molecular complexity index is 1210. The van der Waals surface area contributed by atoms with Crippen LogP contribution < -0.4 is 10.1 Å². The Hall–Kier alpha value is -2.72. The van der Waals surface area contributed by atoms with Crippen molar-refractivity contribution in [1.29, 1.82) is 0 Å². The smallest absolute Gasteiger partial charge is 0.416 e. The van der Waals surface area contributed by atoms with Crippen LogP contribution in [0.1, 0.15) is 71.3 Å². The lowest BCUT2D eigenvalue weighted by molar-refractivity contribution is -0.147. The number of hydrogen-bond acceptors (Lipinski definition) is 5. The number of halogens is 4. The van der Waals surface area contributed by atoms with Crippen LogP contribution in [0, 0.1) is 23.2 Å². The Morgan fingerprint density at radius 1 is 1.24 bits per heavy atom. The second kappa shape index (κ2) is 12.1. The van der Waals surface area contributed by atoms with E-state index >= 15 is 4.39 Å². The number of nitrogens with one attached hydrogen (secondary N) is 1. The molecule has 3 aliphatic carbocycles. The van der Waals surface area contributed by atoms with Crippen LogP contribution in [0.2, 0.25) is 0 Å². The molecule has 1 aromatic rings. The van der Waals surface area contributed by atoms with Gasteiger partial charge in [-0.05, 0) is 99.6 Å². The Kier molecular flexibility index (Phi) is 9.28. The van der Waals surface area contributed by atoms with Gasteiger partial charge in [-0.25, -0.2) is 4.39 Å². The maximum absolute atomic E-state index is 17.5. The number of aliphatic hydroxyl groups is 2. The van der Waals surface area contributed by atoms with Crippen molar-refractivity contribution in [3.05, 3.63) is 53.6 Å². The minimum absolute atomic E-state index is 0.0506. The van der Waals surface area contributed by atoms with Gasteiger partial charge in [0.05, 0.1) is 18.3 Å². The molecule has 6 nitrogen and oxygen atoms in total. The quantitative estimate of drug-likeness (QED) is 0.238. The van der Waals surface area contributed by atoms with Crippen LogP contribution in [-0.4, -0.2) is 52.4 Å². The van der Waals surface area contributed by atoms with Crippen molar-refractivity contribution in [2.24, 2.45) is 23.2 Å². The van der Waals surface area contributed by atoms with Crippen LogP contribution in [-0.2, 0) is 15.8 Å². The molecule has 10 heteroatoms. The summed E-state index contributed by atoms with van der Waals surface area (Å²) in [7, 11) is 0. The highest BCUT2D eigenvalue weighted by atomic mass is 19.4. The number of aliphatic hydroxyl groups excluding tert-OH is 1. The average molecular weight is 596 g/mol. The minimum atomic E-state index is -4.43. The van der Waals surface area contributed by atoms with Crippen LogP contribution in [0.3, 0.4) is 0 Å². The van der Waals surface area contributed by atoms with E-state index in [1.807, 2.05) is 6.92 Å². The summed E-state index contributed by atoms with van der Waals surface area (Å²) in [6.45, 7) is 5.70. The van der Waals surface area contributed by atoms with Crippen molar-refractivity contribution in [3.8, 4) is 5.75 Å². The van der Waals surface area contributed by atoms with E-state index in [1.54, 1.807) is 19.9 Å². The number of allylic oxidation sites excluding steroid dienone is 4. The second-order valence-electron chi connectivity index (χ2n) is 12.3. The monoisotopic (exact) mass is 595 g/mol. The number of ketones is 1. The van der Waals surface area contributed by atoms with Gasteiger partial charge < -0.3 is 20.3 Å². The van der Waals surface area contributed by atoms with Gasteiger partial charge in [0.25, 0.3) is 5.91 Å². The predicted molar refractivity (Wildman–Crippen MR) is 149 cm³/mol. The van der Waals surface area contributed by atoms with E-state index in [2.05, 4.69) is 5.32 Å². The molecule has 1 amide bonds. The molecule has 1 aromatic carbocycles. The summed E-state index contributed by atoms with van der Waals surface area (Å²) in [6.07, 6.45) is 1.26. The topological polar surface area (TPSA) is 95.9 Å². The molecule has 2 fully saturated rings. The number of alkyl halides is 4. The van der Waals surface area contributed by atoms with Gasteiger partial charge in [0, 0.05) is 12.0 Å². The van der Waals surface area contributed by atoms with Crippen LogP contribution in [0.25, 0.3) is 0 Å². The number of carbonyl (C=O) groups excluding carboxylic acids is 2. The number of ether oxygens (including phenoxy) is 1. The molecule has 42 heavy (non-hydrogen) atoms. The number of amides is 1. The zero-order valence-corrected chi connectivity index (χ0v) is 24.3. The molecule has 3 aliphatic rings. The molecule has 232 valence electrons. The Morgan fingerprint density at radius 2 is 1.93 bits per heavy atom. The van der Waals surface area contributed by atoms with Crippen molar-refractivity contribution in [2.45, 2.75) is 89.3 Å². The van der Waals surface area contributed by atoms with Gasteiger partial charge in [-0.1, -0.05) is 31.9 Å². The molecule has 0 heterocycles. The molecule has 0 spiro atoms. The molecule has 0 saturated heterocycles. The predicted octanol–water partition coefficient (Wildman–Crippen LogP) is 5.72. The lowest BCUT2D eigenvalue weighted by Gasteiger charge is -2.55. The summed E-state index contributed by atoms with van der Waals surface area (Å²) in [5.74, 6) is -1.92. The fraction of sp³-hybridized carbons (Fsp3) is 0.625. The van der Waals surface area contributed by atoms with Crippen molar-refractivity contribution in [1.82, 2.24) is 5.32 Å². The molecule has 4 rings (SSSR count). The molecule has 7 atom stereocenters. The van der Waals surface area contributed by atoms with Gasteiger partial charge >= 0.3 is 6.18 Å². The van der Waals surface area contributed by atoms with Crippen molar-refractivity contribution in [3.63, 3.8) is 0 Å². The van der Waals surface area contributed by atoms with E-state index in [0.29, 0.717) is 37.7 Å². The Morgan fingerprint density at radius 3 is 2.57 bits per heavy atom. The summed E-state index contributed by atoms with van der Waals surface area (Å²) in [5, 5.41) is 25.5. The maximum Gasteiger partial charge on any atom is 0.416 e. The summed E-state index contributed by atoms with van der Waals surface area (Å²) in [5.41, 5.74) is -5.07. The average Bonchev–Trinajstić information content (AvgIpc) is 3.24. The Balaban J connectivity index is 1.39. The number of carbonyl (C=O) groups is 2. The lowest BCUT2D eigenvalue weighted by atomic mass is 9.52. The highest BCUT2D eigenvalue weighted by molar-refractivity contribution is 6.01. The first-order valence-corrected chi connectivity index (χ1v) is 14.8. The van der Waals surface area contributed by atoms with Gasteiger partial charge in [0.15, 0.2) is 11.5 Å². The number of benzene rings is 1. The largest absolute Gasteiger partial charge is 0.494 e. The van der Waals surface area contributed by atoms with Crippen LogP contribution in [0.15, 0.2) is 48.1 Å². The fourth-order valence-electron chi connectivity index (χ4n) is 7.31. The second-order valence-corrected chi connectivity index (χ2v) is 12.3. The third-order valence-electron chi connectivity index (χ3n) is 9.74. The molecule has 0 radical (unpaired) electrons. The maximum atomic E-state index is 17.5. The minimum Gasteiger partial charge on any atom is -0.494 e. The van der Waals surface area contributed by atoms with Crippen LogP contribution in [0.4, 0.5) is 17.6 Å². The highest BCUT2D eigenvalue weighted by Gasteiger charge is 2.65. The van der Waals surface area contributed by atoms with Gasteiger partial charge in [-0.2, -0.15) is 13.2 Å². The molecule has 0 unspecified atom stereocenters. The molecule has 2 saturated carbocycles. The van der Waals surface area contributed by atoms with Crippen molar-refractivity contribution >= 4 is 11.7 Å². The van der Waals surface area contributed by atoms with Gasteiger partial charge in [0.2, 0.25) is 0 Å². The molecular weight excluding hydrogens is 554 g/mol. The first kappa shape index (κ1) is 32.2. The molecule has 0 aliphatic heterocycles. The van der Waals surface area contributed by atoms with E-state index < -0.39 is 52.3 Å². The number of hydrogen-bond donors (Lipinski definition) is 3. The van der Waals surface area contributed by atoms with Crippen molar-refractivity contribution in [2.75, 3.05) is 13.2 Å². The normalized spacial score (nSPS) is 33.6. The van der Waals surface area contributed by atoms with E-state index in [-0.39, 0.29) is 43.4 Å². The van der Waals surface area contributed by atoms with E-state index in [0.717, 1.165) is 12.1 Å². The van der Waals surface area contributed by atoms with Crippen molar-refractivity contribution < 1.29 is 42.1 Å². The number of fused-ring (bicyclic) bond motifs is 1. The molecule has 0 bridgehead atoms. The summed E-state index contributed by atoms with van der Waals surface area (Å²) in [6, 6.07) is 4.34. The van der Waals surface area contributed by atoms with Crippen LogP contribution in [0.5, 0.6) is 5.75 Å². The lowest BCUT2D eigenvalue weighted by Crippen LogP contribution is -2.61. The van der Waals surface area contributed by atoms with Crippen LogP contribution >= 0.6 is 0 Å².